The van der Waals surface area contributed by atoms with Crippen LogP contribution in [-0.2, 0) is 33.6 Å². The van der Waals surface area contributed by atoms with Crippen molar-refractivity contribution in [2.24, 2.45) is 10.6 Å². The van der Waals surface area contributed by atoms with Crippen LogP contribution < -0.4 is 16.0 Å². The Morgan fingerprint density at radius 3 is 2.38 bits per heavy atom. The van der Waals surface area contributed by atoms with E-state index in [1.165, 1.54) is 4.90 Å². The second kappa shape index (κ2) is 14.7. The summed E-state index contributed by atoms with van der Waals surface area (Å²) in [5.41, 5.74) is -0.509. The van der Waals surface area contributed by atoms with Gasteiger partial charge in [0.2, 0.25) is 29.4 Å². The number of likely N-dealkylation sites (tertiary alicyclic amines) is 2. The van der Waals surface area contributed by atoms with Crippen LogP contribution in [0.5, 0.6) is 0 Å². The van der Waals surface area contributed by atoms with Gasteiger partial charge in [-0.05, 0) is 57.1 Å². The van der Waals surface area contributed by atoms with Crippen LogP contribution in [0, 0.1) is 5.41 Å². The van der Waals surface area contributed by atoms with E-state index in [1.54, 1.807) is 23.1 Å². The number of amides is 5. The van der Waals surface area contributed by atoms with Crippen LogP contribution in [0.15, 0.2) is 29.4 Å². The Bertz CT molecular complexity index is 1570. The van der Waals surface area contributed by atoms with E-state index in [2.05, 4.69) is 21.1 Å². The lowest BCUT2D eigenvalue weighted by atomic mass is 9.85. The molecule has 0 radical (unpaired) electrons. The van der Waals surface area contributed by atoms with E-state index < -0.39 is 64.6 Å². The Morgan fingerprint density at radius 2 is 1.76 bits per heavy atom. The van der Waals surface area contributed by atoms with Gasteiger partial charge in [0.1, 0.15) is 18.1 Å². The minimum atomic E-state index is -1.10. The van der Waals surface area contributed by atoms with Gasteiger partial charge in [-0.25, -0.2) is 0 Å². The summed E-state index contributed by atoms with van der Waals surface area (Å²) in [6, 6.07) is 2.95. The van der Waals surface area contributed by atoms with E-state index in [0.29, 0.717) is 23.6 Å². The van der Waals surface area contributed by atoms with Crippen molar-refractivity contribution in [1.29, 1.82) is 0 Å². The highest BCUT2D eigenvalue weighted by molar-refractivity contribution is 6.38. The third-order valence-corrected chi connectivity index (χ3v) is 10.1. The summed E-state index contributed by atoms with van der Waals surface area (Å²) in [5, 5.41) is 13.3. The van der Waals surface area contributed by atoms with Crippen LogP contribution in [-0.4, -0.2) is 99.2 Å². The van der Waals surface area contributed by atoms with Crippen molar-refractivity contribution in [1.82, 2.24) is 25.8 Å². The van der Waals surface area contributed by atoms with Gasteiger partial charge in [0.25, 0.3) is 5.91 Å². The van der Waals surface area contributed by atoms with Gasteiger partial charge in [-0.15, -0.1) is 0 Å². The molecule has 272 valence electrons. The van der Waals surface area contributed by atoms with Crippen LogP contribution in [0.4, 0.5) is 0 Å². The quantitative estimate of drug-likeness (QED) is 0.280. The molecule has 1 spiro atoms. The minimum absolute atomic E-state index is 0.0193. The molecule has 5 rings (SSSR count). The van der Waals surface area contributed by atoms with Crippen molar-refractivity contribution < 1.29 is 33.6 Å². The molecule has 1 aromatic rings. The van der Waals surface area contributed by atoms with Gasteiger partial charge in [0, 0.05) is 41.9 Å². The Labute approximate surface area is 298 Å². The van der Waals surface area contributed by atoms with E-state index in [4.69, 9.17) is 16.4 Å². The first kappa shape index (κ1) is 37.3. The summed E-state index contributed by atoms with van der Waals surface area (Å²) in [6.45, 7) is 11.0. The first-order chi connectivity index (χ1) is 23.5. The van der Waals surface area contributed by atoms with Crippen molar-refractivity contribution in [3.05, 3.63) is 34.9 Å². The van der Waals surface area contributed by atoms with Gasteiger partial charge >= 0.3 is 0 Å². The van der Waals surface area contributed by atoms with Gasteiger partial charge in [-0.1, -0.05) is 63.0 Å². The molecular weight excluding hydrogens is 664 g/mol. The molecule has 3 heterocycles. The van der Waals surface area contributed by atoms with Crippen molar-refractivity contribution in [2.45, 2.75) is 135 Å². The van der Waals surface area contributed by atoms with E-state index in [-0.39, 0.29) is 50.2 Å². The fraction of sp³-hybridized carbons (Fsp3) is 0.639. The normalized spacial score (nSPS) is 24.6. The lowest BCUT2D eigenvalue weighted by Crippen LogP contribution is -2.61. The van der Waals surface area contributed by atoms with Crippen LogP contribution in [0.1, 0.15) is 98.5 Å². The summed E-state index contributed by atoms with van der Waals surface area (Å²) in [6.07, 6.45) is 3.30. The molecule has 5 atom stereocenters. The van der Waals surface area contributed by atoms with Crippen molar-refractivity contribution >= 4 is 52.6 Å². The molecule has 0 bridgehead atoms. The predicted molar refractivity (Wildman–Crippen MR) is 186 cm³/mol. The minimum Gasteiger partial charge on any atom is -0.387 e. The summed E-state index contributed by atoms with van der Waals surface area (Å²) < 4.78 is 0. The molecular formula is C36H49ClN6O7. The molecule has 0 aromatic heterocycles. The first-order valence-corrected chi connectivity index (χ1v) is 18.0. The van der Waals surface area contributed by atoms with Crippen LogP contribution in [0.25, 0.3) is 0 Å². The highest BCUT2D eigenvalue weighted by Gasteiger charge is 2.56. The smallest absolute Gasteiger partial charge is 0.289 e. The molecule has 50 heavy (non-hydrogen) atoms. The molecule has 3 fully saturated rings. The summed E-state index contributed by atoms with van der Waals surface area (Å²) >= 11 is 6.24. The molecule has 3 aliphatic heterocycles. The van der Waals surface area contributed by atoms with Crippen LogP contribution in [0.2, 0.25) is 5.02 Å². The molecule has 4 aliphatic rings. The highest BCUT2D eigenvalue weighted by Crippen LogP contribution is 2.40. The third-order valence-electron chi connectivity index (χ3n) is 9.84. The topological polar surface area (TPSA) is 167 Å². The maximum atomic E-state index is 14.7. The number of oxime groups is 1. The highest BCUT2D eigenvalue weighted by atomic mass is 35.5. The zero-order valence-corrected chi connectivity index (χ0v) is 30.5. The van der Waals surface area contributed by atoms with Crippen LogP contribution in [0.3, 0.4) is 0 Å². The molecule has 3 N–H and O–H groups in total. The molecule has 1 saturated carbocycles. The second-order valence-corrected chi connectivity index (χ2v) is 15.8. The standard InChI is InChI=1S/C36H49ClN6O7/c1-7-9-24(29(45)33(48)38-23-12-13-23)39-32(47)27-18-36(17-25(41-50-36)21-10-8-11-22(37)16-21)19-42(27)34(49)30(35(4,5)6)40-31(46)26-14-15-28(44)43(26)20(2)3/h8,10-11,16,20,23-24,26-27,30H,7,9,12-15,17-19H2,1-6H3,(H,38,48)(H,39,47)(H,40,46)/t24-,26-,27-,30+,36+/m0/s1. The van der Waals surface area contributed by atoms with Gasteiger partial charge in [0.15, 0.2) is 5.60 Å². The van der Waals surface area contributed by atoms with E-state index in [9.17, 15) is 28.8 Å². The van der Waals surface area contributed by atoms with Crippen molar-refractivity contribution in [2.75, 3.05) is 6.54 Å². The predicted octanol–water partition coefficient (Wildman–Crippen LogP) is 2.87. The lowest BCUT2D eigenvalue weighted by molar-refractivity contribution is -0.146. The van der Waals surface area contributed by atoms with Gasteiger partial charge < -0.3 is 30.6 Å². The number of rotatable bonds is 12. The number of halogens is 1. The Hall–Kier alpha value is -4.00. The number of nitrogens with zero attached hydrogens (tertiary/aromatic N) is 3. The number of benzene rings is 1. The second-order valence-electron chi connectivity index (χ2n) is 15.4. The number of ketones is 1. The lowest BCUT2D eigenvalue weighted by Gasteiger charge is -2.37. The number of carbonyl (C=O) groups excluding carboxylic acids is 6. The number of Topliss-reactive ketones (excluding diaryl/α,β-unsaturated/α-hetero) is 1. The van der Waals surface area contributed by atoms with Gasteiger partial charge in [-0.2, -0.15) is 0 Å². The summed E-state index contributed by atoms with van der Waals surface area (Å²) in [5.74, 6) is -3.14. The number of hydrogen-bond acceptors (Lipinski definition) is 8. The number of hydrogen-bond donors (Lipinski definition) is 3. The number of nitrogens with one attached hydrogen (secondary N) is 3. The van der Waals surface area contributed by atoms with Crippen molar-refractivity contribution in [3.8, 4) is 0 Å². The maximum Gasteiger partial charge on any atom is 0.289 e. The SMILES string of the molecule is CCC[C@H](NC(=O)[C@@H]1C[C@]2(CC(c3cccc(Cl)c3)=NO2)CN1C(=O)[C@@H](NC(=O)[C@@H]1CCC(=O)N1C(C)C)C(C)(C)C)C(=O)C(=O)NC1CC1. The molecule has 5 amide bonds. The molecule has 2 saturated heterocycles. The molecule has 14 heteroatoms. The zero-order valence-electron chi connectivity index (χ0n) is 29.7. The van der Waals surface area contributed by atoms with E-state index >= 15 is 0 Å². The Kier molecular flexibility index (Phi) is 10.9. The third kappa shape index (κ3) is 8.14. The summed E-state index contributed by atoms with van der Waals surface area (Å²) in [4.78, 5) is 90.0. The van der Waals surface area contributed by atoms with E-state index in [0.717, 1.165) is 18.4 Å². The first-order valence-electron chi connectivity index (χ1n) is 17.6. The van der Waals surface area contributed by atoms with E-state index in [1.807, 2.05) is 47.6 Å². The average molecular weight is 713 g/mol. The van der Waals surface area contributed by atoms with Gasteiger partial charge in [0.05, 0.1) is 18.3 Å². The Morgan fingerprint density at radius 1 is 1.06 bits per heavy atom. The largest absolute Gasteiger partial charge is 0.387 e. The number of carbonyl (C=O) groups is 6. The molecule has 13 nitrogen and oxygen atoms in total. The molecule has 1 aromatic carbocycles. The van der Waals surface area contributed by atoms with Gasteiger partial charge in [-0.3, -0.25) is 28.8 Å². The van der Waals surface area contributed by atoms with Crippen molar-refractivity contribution in [3.63, 3.8) is 0 Å². The average Bonchev–Trinajstić information content (AvgIpc) is 3.45. The van der Waals surface area contributed by atoms with Crippen LogP contribution >= 0.6 is 11.6 Å². The molecule has 1 aliphatic carbocycles. The summed E-state index contributed by atoms with van der Waals surface area (Å²) in [7, 11) is 0. The monoisotopic (exact) mass is 712 g/mol. The fourth-order valence-electron chi connectivity index (χ4n) is 7.08. The maximum absolute atomic E-state index is 14.7. The zero-order chi connectivity index (χ0) is 36.5. The molecule has 0 unspecified atom stereocenters. The Balaban J connectivity index is 1.42. The fourth-order valence-corrected chi connectivity index (χ4v) is 7.27.